The van der Waals surface area contributed by atoms with E-state index in [1.807, 2.05) is 24.3 Å². The molecule has 4 heterocycles. The van der Waals surface area contributed by atoms with Gasteiger partial charge in [-0.15, -0.1) is 9.81 Å². The van der Waals surface area contributed by atoms with Gasteiger partial charge in [0.25, 0.3) is 11.8 Å². The zero-order chi connectivity index (χ0) is 63.0. The van der Waals surface area contributed by atoms with Crippen LogP contribution in [-0.4, -0.2) is 64.0 Å². The van der Waals surface area contributed by atoms with Crippen molar-refractivity contribution in [1.82, 2.24) is 45.2 Å². The van der Waals surface area contributed by atoms with Gasteiger partial charge < -0.3 is 69.7 Å². The number of halogens is 1. The molecule has 0 saturated carbocycles. The molecule has 0 atom stereocenters. The summed E-state index contributed by atoms with van der Waals surface area (Å²) in [5.41, 5.74) is 67.0. The number of carbonyl (C=O) groups is 2. The Kier molecular flexibility index (Phi) is 28.6. The number of hydrogen-bond donors (Lipinski definition) is 9. The molecule has 0 fully saturated rings. The van der Waals surface area contributed by atoms with E-state index in [0.29, 0.717) is 25.5 Å². The number of amides is 2. The maximum Gasteiger partial charge on any atom is 0.407 e. The molecule has 0 aliphatic heterocycles. The van der Waals surface area contributed by atoms with Crippen molar-refractivity contribution in [2.45, 2.75) is 86.1 Å². The first-order valence-electron chi connectivity index (χ1n) is 24.7. The molecule has 4 aromatic heterocycles. The van der Waals surface area contributed by atoms with Crippen LogP contribution < -0.4 is 65.0 Å². The Balaban J connectivity index is 0.000000328. The lowest BCUT2D eigenvalue weighted by Gasteiger charge is -2.19. The Morgan fingerprint density at radius 2 is 0.977 bits per heavy atom. The topological polar surface area (TPSA) is 586 Å². The van der Waals surface area contributed by atoms with Gasteiger partial charge in [0.05, 0.1) is 19.6 Å². The van der Waals surface area contributed by atoms with Crippen LogP contribution in [0, 0.1) is 9.81 Å². The number of carbonyl (C=O) groups excluding carboxylic acids is 2. The molecule has 7 aromatic rings. The number of nitrogens with one attached hydrogen (secondary N) is 2. The quantitative estimate of drug-likeness (QED) is 0.00761. The number of azide groups is 3. The van der Waals surface area contributed by atoms with E-state index in [9.17, 15) is 19.4 Å². The first-order chi connectivity index (χ1) is 41.1. The van der Waals surface area contributed by atoms with Crippen molar-refractivity contribution in [1.29, 1.82) is 0 Å². The number of nitrogen functional groups attached to an aromatic ring is 7. The van der Waals surface area contributed by atoms with Gasteiger partial charge in [-0.2, -0.15) is 34.9 Å². The summed E-state index contributed by atoms with van der Waals surface area (Å²) in [6.45, 7) is 6.77. The molecule has 3 aromatic carbocycles. The van der Waals surface area contributed by atoms with E-state index in [2.05, 4.69) is 90.9 Å². The second-order valence-corrected chi connectivity index (χ2v) is 18.3. The van der Waals surface area contributed by atoms with Gasteiger partial charge in [0.1, 0.15) is 42.2 Å². The highest BCUT2D eigenvalue weighted by Crippen LogP contribution is 2.34. The normalized spacial score (nSPS) is 9.98. The van der Waals surface area contributed by atoms with Crippen LogP contribution in [0.25, 0.3) is 31.3 Å². The van der Waals surface area contributed by atoms with E-state index >= 15 is 0 Å². The molecule has 36 nitrogen and oxygen atoms in total. The summed E-state index contributed by atoms with van der Waals surface area (Å²) in [7, 11) is 0. The molecule has 16 N–H and O–H groups in total. The van der Waals surface area contributed by atoms with Gasteiger partial charge in [-0.05, 0) is 87.5 Å². The van der Waals surface area contributed by atoms with Crippen molar-refractivity contribution in [3.8, 4) is 17.6 Å². The zero-order valence-corrected chi connectivity index (χ0v) is 46.9. The first kappa shape index (κ1) is 69.4. The molecule has 37 heteroatoms. The second kappa shape index (κ2) is 35.9. The Labute approximate surface area is 500 Å². The summed E-state index contributed by atoms with van der Waals surface area (Å²) in [4.78, 5) is 84.3. The first-order valence-corrected chi connectivity index (χ1v) is 25.1. The molecule has 0 spiro atoms. The van der Waals surface area contributed by atoms with Crippen LogP contribution in [0.5, 0.6) is 17.6 Å². The number of benzene rings is 3. The number of rotatable bonds is 22. The van der Waals surface area contributed by atoms with Crippen molar-refractivity contribution < 1.29 is 28.5 Å². The van der Waals surface area contributed by atoms with Gasteiger partial charge in [-0.25, -0.2) is 9.78 Å². The lowest BCUT2D eigenvalue weighted by molar-refractivity contribution is -0.116. The Morgan fingerprint density at radius 1 is 0.563 bits per heavy atom. The Bertz CT molecular complexity index is 3490. The molecule has 0 aliphatic carbocycles. The number of nitrogens with zero attached hydrogens (tertiary/aromatic N) is 19. The Hall–Kier alpha value is -11.9. The number of ether oxygens (including phenoxy) is 4. The van der Waals surface area contributed by atoms with Crippen molar-refractivity contribution in [3.63, 3.8) is 0 Å². The van der Waals surface area contributed by atoms with Gasteiger partial charge >= 0.3 is 6.09 Å². The summed E-state index contributed by atoms with van der Waals surface area (Å²) in [5, 5.41) is 21.4. The minimum absolute atomic E-state index is 0. The summed E-state index contributed by atoms with van der Waals surface area (Å²) < 4.78 is 21.6. The minimum Gasteiger partial charge on any atom is -0.473 e. The highest BCUT2D eigenvalue weighted by atomic mass is 35.5. The van der Waals surface area contributed by atoms with Crippen LogP contribution in [0.2, 0.25) is 5.15 Å². The average molecular weight is 1220 g/mol. The third-order valence-electron chi connectivity index (χ3n) is 10.1. The molecule has 7 rings (SSSR count). The molecule has 0 unspecified atom stereocenters. The molecular weight excluding hydrogens is 1160 g/mol. The summed E-state index contributed by atoms with van der Waals surface area (Å²) in [6.07, 6.45) is -0.244. The summed E-state index contributed by atoms with van der Waals surface area (Å²) in [6, 6.07) is 24.7. The lowest BCUT2D eigenvalue weighted by Crippen LogP contribution is -2.33. The van der Waals surface area contributed by atoms with Gasteiger partial charge in [0, 0.05) is 39.8 Å². The van der Waals surface area contributed by atoms with Gasteiger partial charge in [-0.1, -0.05) is 107 Å². The maximum absolute atomic E-state index is 12.3. The monoisotopic (exact) mass is 1220 g/mol. The van der Waals surface area contributed by atoms with Gasteiger partial charge in [0.2, 0.25) is 47.0 Å². The smallest absolute Gasteiger partial charge is 0.407 e. The number of nitrogens with two attached hydrogens (primary N) is 7. The largest absolute Gasteiger partial charge is 0.473 e. The maximum atomic E-state index is 12.3. The molecule has 0 aliphatic rings. The predicted octanol–water partition coefficient (Wildman–Crippen LogP) is 9.48. The molecule has 456 valence electrons. The van der Waals surface area contributed by atoms with E-state index in [-0.39, 0.29) is 122 Å². The van der Waals surface area contributed by atoms with Crippen LogP contribution >= 0.6 is 11.6 Å². The average Bonchev–Trinajstić information content (AvgIpc) is 3.60. The number of anilines is 8. The summed E-state index contributed by atoms with van der Waals surface area (Å²) >= 11 is 5.44. The number of hydrogen-bond acceptors (Lipinski definition) is 28. The fraction of sp³-hybridized carbons (Fsp3) is 0.280. The second-order valence-electron chi connectivity index (χ2n) is 17.9. The van der Waals surface area contributed by atoms with Crippen LogP contribution in [-0.2, 0) is 49.0 Å². The van der Waals surface area contributed by atoms with Gasteiger partial charge in [-0.3, -0.25) is 4.79 Å². The van der Waals surface area contributed by atoms with E-state index in [1.165, 1.54) is 12.1 Å². The third-order valence-corrected chi connectivity index (χ3v) is 10.3. The number of alkyl carbamates (subject to hydrolysis) is 1. The van der Waals surface area contributed by atoms with E-state index in [0.717, 1.165) is 33.4 Å². The lowest BCUT2D eigenvalue weighted by atomic mass is 10.1. The van der Waals surface area contributed by atoms with Crippen molar-refractivity contribution in [2.75, 3.05) is 52.0 Å². The minimum atomic E-state index is -0.622. The molecule has 0 radical (unpaired) electrons. The fourth-order valence-electron chi connectivity index (χ4n) is 6.33. The fourth-order valence-corrected chi connectivity index (χ4v) is 6.53. The van der Waals surface area contributed by atoms with Crippen LogP contribution in [0.4, 0.5) is 63.2 Å². The van der Waals surface area contributed by atoms with Crippen molar-refractivity contribution >= 4 is 82.0 Å². The van der Waals surface area contributed by atoms with E-state index in [1.54, 1.807) is 69.3 Å². The van der Waals surface area contributed by atoms with Crippen LogP contribution in [0.3, 0.4) is 0 Å². The number of aromatic nitrogens is 8. The number of nitroso groups, excluding NO2 is 2. The van der Waals surface area contributed by atoms with Crippen LogP contribution in [0.15, 0.2) is 111 Å². The molecule has 0 bridgehead atoms. The highest BCUT2D eigenvalue weighted by Gasteiger charge is 2.20. The predicted molar refractivity (Wildman–Crippen MR) is 325 cm³/mol. The van der Waals surface area contributed by atoms with Crippen LogP contribution in [0.1, 0.15) is 74.4 Å². The standard InChI is InChI=1S/C21H27N9O5.C12H12N8O2.C12H13N7O.C4H5ClN4.CH4/c1-21(2,3)35-20(32)24-10-4-5-15(31)26-17-16(29-33)18(28-19(22)27-17)34-12-14-8-6-13(7-9-14)11-25-30-23;13-10-9(19-21)11(18-12(14)17-10)22-6-8-3-1-7(2-4-8)5-16-20-15;13-10-5-11(18-12(14)17-10)20-7-9-3-1-8(2-4-9)6-16-19-15;5-2-1-3(6)9-4(7)8-2;/h6-9H,4-5,10-12H2,1-3H3,(H,24,32)(H3,22,26,27,28,31);1-4H,5-6H2,(H4,13,14,17,18);1-5H,6-7H2,(H4,13,14,17,18);1H,(H4,6,7,8,9);1H4. The highest BCUT2D eigenvalue weighted by molar-refractivity contribution is 6.29. The van der Waals surface area contributed by atoms with E-state index < -0.39 is 17.6 Å². The third kappa shape index (κ3) is 26.3. The van der Waals surface area contributed by atoms with E-state index in [4.69, 9.17) is 87.3 Å². The summed E-state index contributed by atoms with van der Waals surface area (Å²) in [5.74, 6) is -0.336. The Morgan fingerprint density at radius 3 is 1.40 bits per heavy atom. The zero-order valence-electron chi connectivity index (χ0n) is 46.1. The molecule has 0 saturated heterocycles. The molecule has 2 amide bonds. The molecule has 87 heavy (non-hydrogen) atoms. The van der Waals surface area contributed by atoms with Gasteiger partial charge in [0.15, 0.2) is 11.6 Å². The van der Waals surface area contributed by atoms with Crippen molar-refractivity contribution in [3.05, 3.63) is 165 Å². The van der Waals surface area contributed by atoms with Crippen molar-refractivity contribution in [2.24, 2.45) is 25.7 Å². The molecular formula is C50H61ClN28O8. The SMILES string of the molecule is C.CC(C)(C)OC(=O)NCCCC(=O)Nc1nc(N)nc(OCc2ccc(CN=[N+]=[N-])cc2)c1N=O.Nc1cc(Cl)nc(N)n1.[N-]=[N+]=NCc1ccc(COc2cc(N)nc(N)n2)cc1.[N-]=[N+]=NCc1ccc(COc2nc(N)nc(N)c2N=O)cc1.